The second-order valence-electron chi connectivity index (χ2n) is 11.6. The number of fused-ring (bicyclic) bond motifs is 1. The van der Waals surface area contributed by atoms with Crippen molar-refractivity contribution in [1.82, 2.24) is 14.9 Å². The normalized spacial score (nSPS) is 18.0. The topological polar surface area (TPSA) is 85.6 Å². The number of benzene rings is 5. The summed E-state index contributed by atoms with van der Waals surface area (Å²) >= 11 is 0. The van der Waals surface area contributed by atoms with Gasteiger partial charge in [-0.2, -0.15) is 0 Å². The summed E-state index contributed by atoms with van der Waals surface area (Å²) < 4.78 is 15.3. The number of hydrogen-bond donors (Lipinski definition) is 2. The minimum Gasteiger partial charge on any atom is -0.392 e. The number of rotatable bonds is 9. The predicted molar refractivity (Wildman–Crippen MR) is 178 cm³/mol. The summed E-state index contributed by atoms with van der Waals surface area (Å²) in [4.78, 5) is 17.1. The van der Waals surface area contributed by atoms with Crippen molar-refractivity contribution in [2.45, 2.75) is 44.6 Å². The van der Waals surface area contributed by atoms with Crippen molar-refractivity contribution in [3.05, 3.63) is 162 Å². The van der Waals surface area contributed by atoms with E-state index in [1.165, 1.54) is 0 Å². The van der Waals surface area contributed by atoms with Crippen LogP contribution >= 0.6 is 0 Å². The molecule has 46 heavy (non-hydrogen) atoms. The fourth-order valence-corrected chi connectivity index (χ4v) is 5.98. The molecule has 1 fully saturated rings. The number of carbonyl (C=O) groups excluding carboxylic acids is 1. The molecule has 7 heteroatoms. The number of nitrogens with one attached hydrogen (secondary N) is 1. The maximum Gasteiger partial charge on any atom is 0.251 e. The van der Waals surface area contributed by atoms with Crippen molar-refractivity contribution in [2.75, 3.05) is 0 Å². The molecule has 5 aromatic carbocycles. The Morgan fingerprint density at radius 3 is 2.35 bits per heavy atom. The van der Waals surface area contributed by atoms with Gasteiger partial charge in [0.2, 0.25) is 0 Å². The van der Waals surface area contributed by atoms with E-state index in [9.17, 15) is 9.90 Å². The van der Waals surface area contributed by atoms with Gasteiger partial charge in [-0.25, -0.2) is 4.98 Å². The van der Waals surface area contributed by atoms with Crippen LogP contribution in [-0.2, 0) is 29.2 Å². The Morgan fingerprint density at radius 2 is 1.54 bits per heavy atom. The van der Waals surface area contributed by atoms with E-state index in [-0.39, 0.29) is 24.7 Å². The summed E-state index contributed by atoms with van der Waals surface area (Å²) in [6.45, 7) is 1.10. The lowest BCUT2D eigenvalue weighted by atomic mass is 9.99. The van der Waals surface area contributed by atoms with E-state index >= 15 is 0 Å². The van der Waals surface area contributed by atoms with E-state index in [0.717, 1.165) is 44.4 Å². The fourth-order valence-electron chi connectivity index (χ4n) is 5.98. The van der Waals surface area contributed by atoms with Crippen LogP contribution in [0.2, 0.25) is 0 Å². The van der Waals surface area contributed by atoms with Crippen LogP contribution < -0.4 is 5.32 Å². The smallest absolute Gasteiger partial charge is 0.251 e. The Kier molecular flexibility index (Phi) is 8.69. The van der Waals surface area contributed by atoms with Gasteiger partial charge in [0.05, 0.1) is 42.7 Å². The van der Waals surface area contributed by atoms with Crippen LogP contribution in [0.5, 0.6) is 0 Å². The van der Waals surface area contributed by atoms with Gasteiger partial charge in [0.1, 0.15) is 0 Å². The number of nitrogens with zero attached hydrogens (tertiary/aromatic N) is 2. The highest BCUT2D eigenvalue weighted by atomic mass is 16.7. The molecular formula is C39H35N3O4. The molecule has 7 nitrogen and oxygen atoms in total. The van der Waals surface area contributed by atoms with Crippen molar-refractivity contribution in [2.24, 2.45) is 0 Å². The number of amides is 1. The third-order valence-electron chi connectivity index (χ3n) is 8.47. The van der Waals surface area contributed by atoms with E-state index in [4.69, 9.17) is 9.47 Å². The first-order valence-electron chi connectivity index (χ1n) is 15.6. The molecule has 3 atom stereocenters. The second kappa shape index (κ2) is 13.5. The number of para-hydroxylation sites is 2. The summed E-state index contributed by atoms with van der Waals surface area (Å²) in [6, 6.07) is 41.8. The number of hydrogen-bond acceptors (Lipinski definition) is 5. The minimum atomic E-state index is -0.551. The average molecular weight is 610 g/mol. The molecular weight excluding hydrogens is 574 g/mol. The summed E-state index contributed by atoms with van der Waals surface area (Å²) in [7, 11) is 0. The van der Waals surface area contributed by atoms with Crippen LogP contribution in [0.1, 0.15) is 51.4 Å². The number of aromatic nitrogens is 2. The zero-order valence-electron chi connectivity index (χ0n) is 25.3. The van der Waals surface area contributed by atoms with E-state index in [1.54, 1.807) is 0 Å². The first-order chi connectivity index (χ1) is 22.6. The summed E-state index contributed by atoms with van der Waals surface area (Å²) in [5.74, 6) is -0.0926. The van der Waals surface area contributed by atoms with Gasteiger partial charge in [0.15, 0.2) is 6.29 Å². The molecule has 2 heterocycles. The first kappa shape index (κ1) is 29.6. The van der Waals surface area contributed by atoms with Crippen LogP contribution in [0.4, 0.5) is 0 Å². The van der Waals surface area contributed by atoms with E-state index in [0.29, 0.717) is 25.1 Å². The molecule has 0 radical (unpaired) electrons. The van der Waals surface area contributed by atoms with E-state index in [2.05, 4.69) is 57.3 Å². The van der Waals surface area contributed by atoms with Gasteiger partial charge in [-0.3, -0.25) is 4.79 Å². The molecule has 0 aliphatic carbocycles. The Morgan fingerprint density at radius 1 is 0.783 bits per heavy atom. The number of aliphatic hydroxyl groups excluding tert-OH is 1. The minimum absolute atomic E-state index is 0.00541. The first-order valence-corrected chi connectivity index (χ1v) is 15.6. The molecule has 1 amide bonds. The Hall–Kier alpha value is -5.08. The Bertz CT molecular complexity index is 1920. The van der Waals surface area contributed by atoms with Crippen LogP contribution in [0.3, 0.4) is 0 Å². The van der Waals surface area contributed by atoms with E-state index in [1.807, 2.05) is 91.3 Å². The van der Waals surface area contributed by atoms with Gasteiger partial charge in [-0.1, -0.05) is 97.1 Å². The highest BCUT2D eigenvalue weighted by molar-refractivity contribution is 5.94. The van der Waals surface area contributed by atoms with Gasteiger partial charge in [0, 0.05) is 24.1 Å². The lowest BCUT2D eigenvalue weighted by Gasteiger charge is -2.36. The largest absolute Gasteiger partial charge is 0.392 e. The molecule has 0 bridgehead atoms. The quantitative estimate of drug-likeness (QED) is 0.179. The number of imidazole rings is 1. The molecule has 0 saturated carbocycles. The molecule has 1 saturated heterocycles. The fraction of sp³-hybridized carbons (Fsp3) is 0.179. The highest BCUT2D eigenvalue weighted by Gasteiger charge is 2.32. The molecule has 1 aliphatic heterocycles. The maximum atomic E-state index is 12.5. The van der Waals surface area contributed by atoms with Gasteiger partial charge in [-0.05, 0) is 58.1 Å². The molecule has 6 aromatic rings. The van der Waals surface area contributed by atoms with Gasteiger partial charge in [0.25, 0.3) is 5.91 Å². The SMILES string of the molecule is O=C(NCc1cccc(-c2ccc(C3OC(Cn4cnc5ccccc54)CC(c4ccc(CO)cc4)O3)cc2)c1)c1ccccc1. The monoisotopic (exact) mass is 609 g/mol. The van der Waals surface area contributed by atoms with Crippen LogP contribution in [0, 0.1) is 0 Å². The molecule has 2 N–H and O–H groups in total. The van der Waals surface area contributed by atoms with Crippen LogP contribution in [0.15, 0.2) is 134 Å². The predicted octanol–water partition coefficient (Wildman–Crippen LogP) is 7.37. The third-order valence-corrected chi connectivity index (χ3v) is 8.47. The Balaban J connectivity index is 1.09. The lowest BCUT2D eigenvalue weighted by molar-refractivity contribution is -0.252. The van der Waals surface area contributed by atoms with Crippen molar-refractivity contribution in [1.29, 1.82) is 0 Å². The summed E-state index contributed by atoms with van der Waals surface area (Å²) in [5.41, 5.74) is 8.69. The maximum absolute atomic E-state index is 12.5. The van der Waals surface area contributed by atoms with Crippen molar-refractivity contribution in [3.63, 3.8) is 0 Å². The molecule has 0 spiro atoms. The molecule has 230 valence electrons. The third kappa shape index (κ3) is 6.62. The van der Waals surface area contributed by atoms with Crippen LogP contribution in [0.25, 0.3) is 22.2 Å². The van der Waals surface area contributed by atoms with Gasteiger partial charge < -0.3 is 24.5 Å². The zero-order chi connectivity index (χ0) is 31.3. The lowest BCUT2D eigenvalue weighted by Crippen LogP contribution is -2.32. The van der Waals surface area contributed by atoms with Crippen LogP contribution in [-0.4, -0.2) is 26.7 Å². The average Bonchev–Trinajstić information content (AvgIpc) is 3.53. The van der Waals surface area contributed by atoms with Crippen molar-refractivity contribution >= 4 is 16.9 Å². The number of carbonyl (C=O) groups is 1. The zero-order valence-corrected chi connectivity index (χ0v) is 25.3. The summed E-state index contributed by atoms with van der Waals surface area (Å²) in [5, 5.41) is 12.5. The number of ether oxygens (including phenoxy) is 2. The molecule has 3 unspecified atom stereocenters. The van der Waals surface area contributed by atoms with E-state index < -0.39 is 6.29 Å². The standard InChI is InChI=1S/C39H35N3O4/c43-25-27-13-15-30(16-14-27)37-22-34(24-42-26-41-35-11-4-5-12-36(35)42)45-39(46-37)32-19-17-29(18-20-32)33-10-6-7-28(21-33)23-40-38(44)31-8-2-1-3-9-31/h1-21,26,34,37,39,43H,22-25H2,(H,40,44). The number of aliphatic hydroxyl groups is 1. The van der Waals surface area contributed by atoms with Crippen molar-refractivity contribution < 1.29 is 19.4 Å². The molecule has 7 rings (SSSR count). The highest BCUT2D eigenvalue weighted by Crippen LogP contribution is 2.39. The van der Waals surface area contributed by atoms with Gasteiger partial charge in [-0.15, -0.1) is 0 Å². The van der Waals surface area contributed by atoms with Gasteiger partial charge >= 0.3 is 0 Å². The second-order valence-corrected chi connectivity index (χ2v) is 11.6. The molecule has 1 aromatic heterocycles. The van der Waals surface area contributed by atoms with Crippen molar-refractivity contribution in [3.8, 4) is 11.1 Å². The Labute approximate surface area is 268 Å². The summed E-state index contributed by atoms with van der Waals surface area (Å²) in [6.07, 6.45) is 1.73. The molecule has 1 aliphatic rings.